The van der Waals surface area contributed by atoms with Crippen LogP contribution in [0.3, 0.4) is 0 Å². The third-order valence-electron chi connectivity index (χ3n) is 4.76. The lowest BCUT2D eigenvalue weighted by atomic mass is 10.0. The molecular formula is C20H22N4O3. The molecule has 1 aliphatic heterocycles. The lowest BCUT2D eigenvalue weighted by Crippen LogP contribution is -2.23. The summed E-state index contributed by atoms with van der Waals surface area (Å²) in [6, 6.07) is 12.5. The van der Waals surface area contributed by atoms with Crippen molar-refractivity contribution in [2.75, 3.05) is 25.7 Å². The lowest BCUT2D eigenvalue weighted by molar-refractivity contribution is 0.174. The predicted octanol–water partition coefficient (Wildman–Crippen LogP) is 3.63. The van der Waals surface area contributed by atoms with Crippen molar-refractivity contribution < 1.29 is 14.0 Å². The van der Waals surface area contributed by atoms with Gasteiger partial charge in [-0.25, -0.2) is 4.98 Å². The average molecular weight is 366 g/mol. The van der Waals surface area contributed by atoms with Crippen molar-refractivity contribution in [3.63, 3.8) is 0 Å². The summed E-state index contributed by atoms with van der Waals surface area (Å²) in [6.45, 7) is 1.30. The Morgan fingerprint density at radius 2 is 2.15 bits per heavy atom. The number of nitrogens with zero attached hydrogens (tertiary/aromatic N) is 4. The van der Waals surface area contributed by atoms with Crippen LogP contribution in [0.4, 0.5) is 5.82 Å². The topological polar surface area (TPSA) is 73.5 Å². The maximum Gasteiger partial charge on any atom is 0.259 e. The molecule has 4 rings (SSSR count). The first-order valence-corrected chi connectivity index (χ1v) is 8.97. The smallest absolute Gasteiger partial charge is 0.259 e. The lowest BCUT2D eigenvalue weighted by Gasteiger charge is -2.26. The second-order valence-corrected chi connectivity index (χ2v) is 6.48. The highest BCUT2D eigenvalue weighted by atomic mass is 16.5. The summed E-state index contributed by atoms with van der Waals surface area (Å²) in [6.07, 6.45) is 4.01. The summed E-state index contributed by atoms with van der Waals surface area (Å²) in [7, 11) is 3.29. The van der Waals surface area contributed by atoms with Crippen LogP contribution in [0.1, 0.15) is 30.3 Å². The van der Waals surface area contributed by atoms with Crippen LogP contribution < -0.4 is 9.64 Å². The molecule has 0 bridgehead atoms. The molecule has 3 aromatic rings. The first kappa shape index (κ1) is 17.5. The third-order valence-corrected chi connectivity index (χ3v) is 4.76. The molecule has 0 radical (unpaired) electrons. The fourth-order valence-electron chi connectivity index (χ4n) is 3.48. The van der Waals surface area contributed by atoms with Crippen LogP contribution in [0, 0.1) is 0 Å². The molecule has 7 nitrogen and oxygen atoms in total. The van der Waals surface area contributed by atoms with E-state index in [2.05, 4.69) is 32.2 Å². The van der Waals surface area contributed by atoms with Gasteiger partial charge in [0.05, 0.1) is 18.7 Å². The van der Waals surface area contributed by atoms with Gasteiger partial charge in [0, 0.05) is 19.9 Å². The van der Waals surface area contributed by atoms with E-state index in [4.69, 9.17) is 14.0 Å². The summed E-state index contributed by atoms with van der Waals surface area (Å²) >= 11 is 0. The number of benzene rings is 1. The number of ether oxygens (including phenoxy) is 2. The van der Waals surface area contributed by atoms with Crippen LogP contribution in [0.25, 0.3) is 11.5 Å². The summed E-state index contributed by atoms with van der Waals surface area (Å²) in [4.78, 5) is 11.3. The van der Waals surface area contributed by atoms with Crippen LogP contribution in [-0.2, 0) is 11.3 Å². The quantitative estimate of drug-likeness (QED) is 0.659. The molecule has 0 unspecified atom stereocenters. The Morgan fingerprint density at radius 1 is 1.22 bits per heavy atom. The van der Waals surface area contributed by atoms with Crippen LogP contribution in [0.15, 0.2) is 47.1 Å². The van der Waals surface area contributed by atoms with E-state index in [-0.39, 0.29) is 0 Å². The van der Waals surface area contributed by atoms with E-state index in [0.29, 0.717) is 24.4 Å². The number of methoxy groups -OCH3 is 2. The third kappa shape index (κ3) is 3.64. The van der Waals surface area contributed by atoms with E-state index >= 15 is 0 Å². The molecule has 1 saturated heterocycles. The monoisotopic (exact) mass is 366 g/mol. The molecule has 1 atom stereocenters. The highest BCUT2D eigenvalue weighted by Gasteiger charge is 2.27. The van der Waals surface area contributed by atoms with Crippen molar-refractivity contribution in [1.29, 1.82) is 0 Å². The van der Waals surface area contributed by atoms with Gasteiger partial charge >= 0.3 is 0 Å². The number of hydrogen-bond acceptors (Lipinski definition) is 7. The Morgan fingerprint density at radius 3 is 2.93 bits per heavy atom. The van der Waals surface area contributed by atoms with Crippen LogP contribution >= 0.6 is 0 Å². The van der Waals surface area contributed by atoms with Gasteiger partial charge in [-0.1, -0.05) is 17.3 Å². The maximum absolute atomic E-state index is 5.37. The molecule has 27 heavy (non-hydrogen) atoms. The van der Waals surface area contributed by atoms with Gasteiger partial charge in [0.1, 0.15) is 18.2 Å². The van der Waals surface area contributed by atoms with Crippen molar-refractivity contribution >= 4 is 5.82 Å². The maximum atomic E-state index is 5.37. The van der Waals surface area contributed by atoms with Gasteiger partial charge in [-0.2, -0.15) is 4.98 Å². The minimum Gasteiger partial charge on any atom is -0.497 e. The van der Waals surface area contributed by atoms with Gasteiger partial charge in [-0.15, -0.1) is 0 Å². The minimum atomic E-state index is 0.301. The van der Waals surface area contributed by atoms with Crippen LogP contribution in [0.5, 0.6) is 5.75 Å². The molecule has 0 saturated carbocycles. The SMILES string of the molecule is COCc1noc(-c2ccc(N3CCC[C@@H]3c3cccc(OC)c3)nc2)n1. The Balaban J connectivity index is 1.55. The second-order valence-electron chi connectivity index (χ2n) is 6.48. The zero-order valence-electron chi connectivity index (χ0n) is 15.5. The number of pyridine rings is 1. The number of anilines is 1. The van der Waals surface area contributed by atoms with Crippen molar-refractivity contribution in [1.82, 2.24) is 15.1 Å². The van der Waals surface area contributed by atoms with Crippen molar-refractivity contribution in [3.8, 4) is 17.2 Å². The van der Waals surface area contributed by atoms with Gasteiger partial charge in [-0.3, -0.25) is 0 Å². The molecule has 0 amide bonds. The Hall–Kier alpha value is -2.93. The molecule has 140 valence electrons. The van der Waals surface area contributed by atoms with E-state index < -0.39 is 0 Å². The number of hydrogen-bond donors (Lipinski definition) is 0. The minimum absolute atomic E-state index is 0.301. The molecule has 3 heterocycles. The Kier molecular flexibility index (Phi) is 5.02. The van der Waals surface area contributed by atoms with Crippen molar-refractivity contribution in [2.24, 2.45) is 0 Å². The zero-order chi connectivity index (χ0) is 18.6. The summed E-state index contributed by atoms with van der Waals surface area (Å²) in [5.41, 5.74) is 2.05. The van der Waals surface area contributed by atoms with Crippen molar-refractivity contribution in [3.05, 3.63) is 54.0 Å². The molecule has 0 aliphatic carbocycles. The number of aromatic nitrogens is 3. The van der Waals surface area contributed by atoms with Crippen molar-refractivity contribution in [2.45, 2.75) is 25.5 Å². The highest BCUT2D eigenvalue weighted by Crippen LogP contribution is 2.36. The first-order chi connectivity index (χ1) is 13.3. The molecule has 1 fully saturated rings. The standard InChI is InChI=1S/C20H22N4O3/c1-25-13-18-22-20(27-23-18)15-8-9-19(21-12-15)24-10-4-7-17(24)14-5-3-6-16(11-14)26-2/h3,5-6,8-9,11-12,17H,4,7,10,13H2,1-2H3/t17-/m1/s1. The molecule has 1 aliphatic rings. The molecule has 2 aromatic heterocycles. The van der Waals surface area contributed by atoms with E-state index in [1.165, 1.54) is 5.56 Å². The zero-order valence-corrected chi connectivity index (χ0v) is 15.5. The van der Waals surface area contributed by atoms with Crippen LogP contribution in [0.2, 0.25) is 0 Å². The first-order valence-electron chi connectivity index (χ1n) is 8.97. The largest absolute Gasteiger partial charge is 0.497 e. The van der Waals surface area contributed by atoms with E-state index in [9.17, 15) is 0 Å². The van der Waals surface area contributed by atoms with Gasteiger partial charge in [0.2, 0.25) is 0 Å². The molecule has 7 heteroatoms. The van der Waals surface area contributed by atoms with E-state index in [0.717, 1.165) is 36.5 Å². The van der Waals surface area contributed by atoms with Crippen LogP contribution in [-0.4, -0.2) is 35.9 Å². The van der Waals surface area contributed by atoms with E-state index in [1.807, 2.05) is 24.3 Å². The second kappa shape index (κ2) is 7.75. The average Bonchev–Trinajstić information content (AvgIpc) is 3.38. The Bertz CT molecular complexity index is 894. The normalized spacial score (nSPS) is 16.7. The molecule has 1 aromatic carbocycles. The van der Waals surface area contributed by atoms with E-state index in [1.54, 1.807) is 20.4 Å². The number of rotatable bonds is 6. The van der Waals surface area contributed by atoms with Gasteiger partial charge in [-0.05, 0) is 42.7 Å². The molecule has 0 spiro atoms. The summed E-state index contributed by atoms with van der Waals surface area (Å²) in [5, 5.41) is 3.89. The molecule has 0 N–H and O–H groups in total. The van der Waals surface area contributed by atoms with Gasteiger partial charge < -0.3 is 18.9 Å². The van der Waals surface area contributed by atoms with Gasteiger partial charge in [0.25, 0.3) is 5.89 Å². The Labute approximate surface area is 157 Å². The predicted molar refractivity (Wildman–Crippen MR) is 101 cm³/mol. The highest BCUT2D eigenvalue weighted by molar-refractivity contribution is 5.55. The summed E-state index contributed by atoms with van der Waals surface area (Å²) in [5.74, 6) is 2.80. The molecular weight excluding hydrogens is 344 g/mol. The van der Waals surface area contributed by atoms with Gasteiger partial charge in [0.15, 0.2) is 5.82 Å². The fraction of sp³-hybridized carbons (Fsp3) is 0.350. The summed E-state index contributed by atoms with van der Waals surface area (Å²) < 4.78 is 15.7. The fourth-order valence-corrected chi connectivity index (χ4v) is 3.48.